The van der Waals surface area contributed by atoms with Crippen molar-refractivity contribution in [2.24, 2.45) is 5.41 Å². The fourth-order valence-corrected chi connectivity index (χ4v) is 2.62. The van der Waals surface area contributed by atoms with Crippen molar-refractivity contribution in [2.75, 3.05) is 19.6 Å². The molecule has 20 heavy (non-hydrogen) atoms. The quantitative estimate of drug-likeness (QED) is 0.818. The highest BCUT2D eigenvalue weighted by molar-refractivity contribution is 5.14. The van der Waals surface area contributed by atoms with Gasteiger partial charge in [-0.15, -0.1) is 0 Å². The highest BCUT2D eigenvalue weighted by Crippen LogP contribution is 2.33. The average molecular weight is 272 g/mol. The first-order valence-corrected chi connectivity index (χ1v) is 7.85. The van der Waals surface area contributed by atoms with E-state index in [9.17, 15) is 0 Å². The molecule has 0 aliphatic carbocycles. The molecule has 2 rings (SSSR count). The fourth-order valence-electron chi connectivity index (χ4n) is 2.62. The molecule has 1 aromatic carbocycles. The molecule has 0 saturated carbocycles. The van der Waals surface area contributed by atoms with E-state index in [0.29, 0.717) is 6.42 Å². The summed E-state index contributed by atoms with van der Waals surface area (Å²) in [6.45, 7) is 9.69. The van der Waals surface area contributed by atoms with E-state index >= 15 is 0 Å². The molecular weight excluding hydrogens is 244 g/mol. The molecule has 0 bridgehead atoms. The Kier molecular flexibility index (Phi) is 7.33. The highest BCUT2D eigenvalue weighted by atomic mass is 15.1. The van der Waals surface area contributed by atoms with Crippen molar-refractivity contribution in [1.82, 2.24) is 4.90 Å². The van der Waals surface area contributed by atoms with Crippen LogP contribution < -0.4 is 0 Å². The maximum absolute atomic E-state index is 8.84. The third kappa shape index (κ3) is 5.35. The van der Waals surface area contributed by atoms with E-state index in [1.165, 1.54) is 5.56 Å². The molecule has 2 heteroatoms. The van der Waals surface area contributed by atoms with Gasteiger partial charge in [0.25, 0.3) is 0 Å². The van der Waals surface area contributed by atoms with E-state index < -0.39 is 0 Å². The Balaban J connectivity index is 0.000000956. The fraction of sp³-hybridized carbons (Fsp3) is 0.611. The Hall–Kier alpha value is -1.33. The number of likely N-dealkylation sites (tertiary alicyclic amines) is 1. The monoisotopic (exact) mass is 272 g/mol. The molecule has 1 saturated heterocycles. The van der Waals surface area contributed by atoms with Gasteiger partial charge in [-0.05, 0) is 43.3 Å². The van der Waals surface area contributed by atoms with Gasteiger partial charge in [0.2, 0.25) is 0 Å². The van der Waals surface area contributed by atoms with Crippen molar-refractivity contribution < 1.29 is 0 Å². The lowest BCUT2D eigenvalue weighted by Crippen LogP contribution is -2.39. The van der Waals surface area contributed by atoms with Gasteiger partial charge in [0.05, 0.1) is 6.07 Å². The number of hydrogen-bond acceptors (Lipinski definition) is 2. The van der Waals surface area contributed by atoms with Crippen LogP contribution in [-0.4, -0.2) is 24.5 Å². The molecule has 0 N–H and O–H groups in total. The number of benzene rings is 1. The molecule has 1 heterocycles. The summed E-state index contributed by atoms with van der Waals surface area (Å²) in [4.78, 5) is 2.53. The summed E-state index contributed by atoms with van der Waals surface area (Å²) in [7, 11) is 0. The lowest BCUT2D eigenvalue weighted by molar-refractivity contribution is 0.123. The van der Waals surface area contributed by atoms with Gasteiger partial charge in [0, 0.05) is 13.0 Å². The van der Waals surface area contributed by atoms with Crippen LogP contribution in [0, 0.1) is 16.7 Å². The zero-order chi connectivity index (χ0) is 14.8. The van der Waals surface area contributed by atoms with Crippen LogP contribution in [0.3, 0.4) is 0 Å². The second-order valence-corrected chi connectivity index (χ2v) is 5.72. The average Bonchev–Trinajstić information content (AvgIpc) is 2.50. The Morgan fingerprint density at radius 2 is 1.75 bits per heavy atom. The second kappa shape index (κ2) is 8.76. The number of piperidine rings is 1. The van der Waals surface area contributed by atoms with Crippen LogP contribution >= 0.6 is 0 Å². The van der Waals surface area contributed by atoms with Gasteiger partial charge in [0.1, 0.15) is 0 Å². The smallest absolute Gasteiger partial charge is 0.0627 e. The number of nitriles is 1. The molecule has 0 unspecified atom stereocenters. The van der Waals surface area contributed by atoms with Crippen LogP contribution in [0.5, 0.6) is 0 Å². The van der Waals surface area contributed by atoms with E-state index in [4.69, 9.17) is 5.26 Å². The minimum Gasteiger partial charge on any atom is -0.303 e. The zero-order valence-electron chi connectivity index (χ0n) is 13.2. The van der Waals surface area contributed by atoms with E-state index in [2.05, 4.69) is 48.2 Å². The molecule has 1 aliphatic heterocycles. The van der Waals surface area contributed by atoms with Crippen molar-refractivity contribution in [2.45, 2.75) is 46.5 Å². The first-order valence-electron chi connectivity index (χ1n) is 7.85. The molecule has 0 atom stereocenters. The van der Waals surface area contributed by atoms with Gasteiger partial charge in [-0.3, -0.25) is 0 Å². The third-order valence-electron chi connectivity index (χ3n) is 4.13. The standard InChI is InChI=1S/C16H22N2.C2H6/c1-16(8-11-17)9-13-18(14-10-16)12-7-15-5-3-2-4-6-15;1-2/h2-6H,7-10,12-14H2,1H3;1-2H3. The summed E-state index contributed by atoms with van der Waals surface area (Å²) in [6.07, 6.45) is 4.17. The molecule has 0 radical (unpaired) electrons. The number of hydrogen-bond donors (Lipinski definition) is 0. The third-order valence-corrected chi connectivity index (χ3v) is 4.13. The molecule has 2 nitrogen and oxygen atoms in total. The van der Waals surface area contributed by atoms with Gasteiger partial charge >= 0.3 is 0 Å². The van der Waals surface area contributed by atoms with Crippen LogP contribution in [0.25, 0.3) is 0 Å². The van der Waals surface area contributed by atoms with Gasteiger partial charge in [-0.25, -0.2) is 0 Å². The maximum Gasteiger partial charge on any atom is 0.0627 e. The molecular formula is C18H28N2. The van der Waals surface area contributed by atoms with E-state index in [1.54, 1.807) is 0 Å². The van der Waals surface area contributed by atoms with Crippen LogP contribution in [0.4, 0.5) is 0 Å². The molecule has 0 amide bonds. The Bertz CT molecular complexity index is 397. The largest absolute Gasteiger partial charge is 0.303 e. The maximum atomic E-state index is 8.84. The summed E-state index contributed by atoms with van der Waals surface area (Å²) in [5.74, 6) is 0. The number of rotatable bonds is 4. The molecule has 1 aromatic rings. The molecule has 0 spiro atoms. The first-order chi connectivity index (χ1) is 9.72. The minimum atomic E-state index is 0.262. The summed E-state index contributed by atoms with van der Waals surface area (Å²) in [5, 5.41) is 8.84. The normalized spacial score (nSPS) is 17.7. The van der Waals surface area contributed by atoms with Crippen LogP contribution in [0.1, 0.15) is 45.6 Å². The summed E-state index contributed by atoms with van der Waals surface area (Å²) < 4.78 is 0. The second-order valence-electron chi connectivity index (χ2n) is 5.72. The lowest BCUT2D eigenvalue weighted by Gasteiger charge is -2.38. The summed E-state index contributed by atoms with van der Waals surface area (Å²) >= 11 is 0. The van der Waals surface area contributed by atoms with E-state index in [-0.39, 0.29) is 5.41 Å². The zero-order valence-corrected chi connectivity index (χ0v) is 13.2. The van der Waals surface area contributed by atoms with Gasteiger partial charge < -0.3 is 4.90 Å². The Labute approximate surface area is 124 Å². The Morgan fingerprint density at radius 3 is 2.30 bits per heavy atom. The molecule has 1 aliphatic rings. The minimum absolute atomic E-state index is 0.262. The van der Waals surface area contributed by atoms with Crippen molar-refractivity contribution >= 4 is 0 Å². The SMILES string of the molecule is CC.CC1(CC#N)CCN(CCc2ccccc2)CC1. The number of nitrogens with zero attached hydrogens (tertiary/aromatic N) is 2. The topological polar surface area (TPSA) is 27.0 Å². The van der Waals surface area contributed by atoms with Crippen molar-refractivity contribution in [3.05, 3.63) is 35.9 Å². The molecule has 0 aromatic heterocycles. The first kappa shape index (κ1) is 16.7. The lowest BCUT2D eigenvalue weighted by atomic mass is 9.78. The van der Waals surface area contributed by atoms with Crippen molar-refractivity contribution in [1.29, 1.82) is 5.26 Å². The summed E-state index contributed by atoms with van der Waals surface area (Å²) in [6, 6.07) is 13.0. The Morgan fingerprint density at radius 1 is 1.15 bits per heavy atom. The van der Waals surface area contributed by atoms with Crippen LogP contribution in [0.2, 0.25) is 0 Å². The van der Waals surface area contributed by atoms with Gasteiger partial charge in [-0.2, -0.15) is 5.26 Å². The van der Waals surface area contributed by atoms with Crippen molar-refractivity contribution in [3.8, 4) is 6.07 Å². The van der Waals surface area contributed by atoms with Crippen LogP contribution in [-0.2, 0) is 6.42 Å². The summed E-state index contributed by atoms with van der Waals surface area (Å²) in [5.41, 5.74) is 1.68. The predicted molar refractivity (Wildman–Crippen MR) is 85.5 cm³/mol. The molecule has 110 valence electrons. The molecule has 1 fully saturated rings. The van der Waals surface area contributed by atoms with Gasteiger partial charge in [0.15, 0.2) is 0 Å². The predicted octanol–water partition coefficient (Wildman–Crippen LogP) is 4.27. The highest BCUT2D eigenvalue weighted by Gasteiger charge is 2.29. The van der Waals surface area contributed by atoms with E-state index in [0.717, 1.165) is 38.9 Å². The van der Waals surface area contributed by atoms with Gasteiger partial charge in [-0.1, -0.05) is 51.1 Å². The van der Waals surface area contributed by atoms with E-state index in [1.807, 2.05) is 13.8 Å². The van der Waals surface area contributed by atoms with Crippen molar-refractivity contribution in [3.63, 3.8) is 0 Å². The van der Waals surface area contributed by atoms with Crippen LogP contribution in [0.15, 0.2) is 30.3 Å².